The molecule has 24 heavy (non-hydrogen) atoms. The summed E-state index contributed by atoms with van der Waals surface area (Å²) in [7, 11) is 1.57. The zero-order chi connectivity index (χ0) is 16.9. The number of carbonyl (C=O) groups is 2. The number of carbonyl (C=O) groups excluding carboxylic acids is 2. The number of aromatic nitrogens is 1. The van der Waals surface area contributed by atoms with E-state index in [1.54, 1.807) is 30.2 Å². The summed E-state index contributed by atoms with van der Waals surface area (Å²) >= 11 is 0. The van der Waals surface area contributed by atoms with Gasteiger partial charge < -0.3 is 15.0 Å². The van der Waals surface area contributed by atoms with Gasteiger partial charge in [-0.1, -0.05) is 24.3 Å². The van der Waals surface area contributed by atoms with Crippen molar-refractivity contribution in [3.05, 3.63) is 59.4 Å². The predicted molar refractivity (Wildman–Crippen MR) is 90.3 cm³/mol. The van der Waals surface area contributed by atoms with Crippen LogP contribution in [0.15, 0.2) is 42.5 Å². The number of hydrogen-bond acceptors (Lipinski definition) is 4. The fourth-order valence-electron chi connectivity index (χ4n) is 2.72. The van der Waals surface area contributed by atoms with Crippen molar-refractivity contribution in [2.24, 2.45) is 0 Å². The summed E-state index contributed by atoms with van der Waals surface area (Å²) in [5, 5.41) is 2.70. The van der Waals surface area contributed by atoms with Crippen LogP contribution < -0.4 is 10.2 Å². The first-order valence-electron chi connectivity index (χ1n) is 7.84. The van der Waals surface area contributed by atoms with Gasteiger partial charge in [0.25, 0.3) is 11.8 Å². The highest BCUT2D eigenvalue weighted by molar-refractivity contribution is 6.06. The minimum absolute atomic E-state index is 0.188. The molecule has 0 aliphatic carbocycles. The second kappa shape index (κ2) is 7.23. The molecule has 0 saturated heterocycles. The molecule has 2 heterocycles. The zero-order valence-corrected chi connectivity index (χ0v) is 13.5. The average molecular weight is 325 g/mol. The van der Waals surface area contributed by atoms with E-state index in [-0.39, 0.29) is 23.2 Å². The maximum Gasteiger partial charge on any atom is 0.276 e. The van der Waals surface area contributed by atoms with Crippen LogP contribution in [-0.2, 0) is 11.2 Å². The summed E-state index contributed by atoms with van der Waals surface area (Å²) in [6, 6.07) is 12.7. The third-order valence-corrected chi connectivity index (χ3v) is 3.92. The monoisotopic (exact) mass is 325 g/mol. The van der Waals surface area contributed by atoms with Gasteiger partial charge in [0.1, 0.15) is 11.4 Å². The molecule has 1 N–H and O–H groups in total. The lowest BCUT2D eigenvalue weighted by Crippen LogP contribution is -2.31. The number of para-hydroxylation sites is 1. The van der Waals surface area contributed by atoms with E-state index in [1.165, 1.54) is 0 Å². The van der Waals surface area contributed by atoms with Crippen molar-refractivity contribution in [3.8, 4) is 0 Å². The van der Waals surface area contributed by atoms with Gasteiger partial charge in [-0.2, -0.15) is 0 Å². The predicted octanol–water partition coefficient (Wildman–Crippen LogP) is 1.66. The molecule has 2 amide bonds. The molecule has 0 spiro atoms. The summed E-state index contributed by atoms with van der Waals surface area (Å²) < 4.78 is 4.89. The summed E-state index contributed by atoms with van der Waals surface area (Å²) in [4.78, 5) is 30.8. The van der Waals surface area contributed by atoms with Crippen LogP contribution in [0.2, 0.25) is 0 Å². The first-order chi connectivity index (χ1) is 11.7. The molecule has 0 fully saturated rings. The second-order valence-corrected chi connectivity index (χ2v) is 5.49. The fourth-order valence-corrected chi connectivity index (χ4v) is 2.72. The molecule has 1 aliphatic rings. The average Bonchev–Trinajstić information content (AvgIpc) is 3.05. The molecule has 1 aliphatic heterocycles. The van der Waals surface area contributed by atoms with Gasteiger partial charge in [0, 0.05) is 25.9 Å². The molecule has 2 aromatic rings. The van der Waals surface area contributed by atoms with E-state index in [4.69, 9.17) is 4.74 Å². The van der Waals surface area contributed by atoms with E-state index >= 15 is 0 Å². The van der Waals surface area contributed by atoms with Crippen LogP contribution >= 0.6 is 0 Å². The molecule has 0 radical (unpaired) electrons. The maximum absolute atomic E-state index is 12.8. The number of fused-ring (bicyclic) bond motifs is 1. The molecule has 6 heteroatoms. The van der Waals surface area contributed by atoms with E-state index in [9.17, 15) is 9.59 Å². The fraction of sp³-hybridized carbons (Fsp3) is 0.278. The lowest BCUT2D eigenvalue weighted by atomic mass is 10.2. The Bertz CT molecular complexity index is 761. The number of benzene rings is 1. The van der Waals surface area contributed by atoms with Gasteiger partial charge in [-0.3, -0.25) is 9.59 Å². The number of pyridine rings is 1. The van der Waals surface area contributed by atoms with Crippen LogP contribution in [0.4, 0.5) is 5.69 Å². The van der Waals surface area contributed by atoms with Gasteiger partial charge in [-0.25, -0.2) is 4.98 Å². The number of ether oxygens (including phenoxy) is 1. The SMILES string of the molecule is COCCNC(=O)c1cccc(C(=O)N2CCc3ccccc32)n1. The highest BCUT2D eigenvalue weighted by atomic mass is 16.5. The number of hydrogen-bond donors (Lipinski definition) is 1. The first kappa shape index (κ1) is 16.1. The highest BCUT2D eigenvalue weighted by Gasteiger charge is 2.26. The second-order valence-electron chi connectivity index (χ2n) is 5.49. The molecule has 0 saturated carbocycles. The molecule has 0 bridgehead atoms. The number of nitrogens with zero attached hydrogens (tertiary/aromatic N) is 2. The lowest BCUT2D eigenvalue weighted by Gasteiger charge is -2.17. The Kier molecular flexibility index (Phi) is 4.86. The van der Waals surface area contributed by atoms with E-state index in [2.05, 4.69) is 10.3 Å². The first-order valence-corrected chi connectivity index (χ1v) is 7.84. The van der Waals surface area contributed by atoms with E-state index in [1.807, 2.05) is 24.3 Å². The van der Waals surface area contributed by atoms with Crippen LogP contribution in [0.3, 0.4) is 0 Å². The van der Waals surface area contributed by atoms with Gasteiger partial charge in [0.05, 0.1) is 6.61 Å². The molecular formula is C18H19N3O3. The standard InChI is InChI=1S/C18H19N3O3/c1-24-12-10-19-17(22)14-6-4-7-15(20-14)18(23)21-11-9-13-5-2-3-8-16(13)21/h2-8H,9-12H2,1H3,(H,19,22). The molecular weight excluding hydrogens is 306 g/mol. The van der Waals surface area contributed by atoms with Crippen molar-refractivity contribution >= 4 is 17.5 Å². The van der Waals surface area contributed by atoms with Crippen LogP contribution in [0.25, 0.3) is 0 Å². The van der Waals surface area contributed by atoms with Gasteiger partial charge in [0.15, 0.2) is 0 Å². The molecule has 124 valence electrons. The lowest BCUT2D eigenvalue weighted by molar-refractivity contribution is 0.0931. The molecule has 1 aromatic heterocycles. The number of methoxy groups -OCH3 is 1. The third kappa shape index (κ3) is 3.28. The Morgan fingerprint density at radius 1 is 1.17 bits per heavy atom. The summed E-state index contributed by atoms with van der Waals surface area (Å²) in [6.07, 6.45) is 0.832. The topological polar surface area (TPSA) is 71.5 Å². The number of anilines is 1. The van der Waals surface area contributed by atoms with Gasteiger partial charge in [-0.15, -0.1) is 0 Å². The Hall–Kier alpha value is -2.73. The van der Waals surface area contributed by atoms with Crippen LogP contribution in [0, 0.1) is 0 Å². The maximum atomic E-state index is 12.8. The number of rotatable bonds is 5. The van der Waals surface area contributed by atoms with Crippen molar-refractivity contribution in [1.82, 2.24) is 10.3 Å². The van der Waals surface area contributed by atoms with Crippen molar-refractivity contribution in [1.29, 1.82) is 0 Å². The summed E-state index contributed by atoms with van der Waals surface area (Å²) in [5.41, 5.74) is 2.56. The minimum atomic E-state index is -0.316. The van der Waals surface area contributed by atoms with Gasteiger partial charge in [0.2, 0.25) is 0 Å². The van der Waals surface area contributed by atoms with Crippen molar-refractivity contribution in [2.45, 2.75) is 6.42 Å². The summed E-state index contributed by atoms with van der Waals surface area (Å²) in [6.45, 7) is 1.45. The Balaban J connectivity index is 1.77. The Morgan fingerprint density at radius 3 is 2.79 bits per heavy atom. The third-order valence-electron chi connectivity index (χ3n) is 3.92. The van der Waals surface area contributed by atoms with E-state index < -0.39 is 0 Å². The highest BCUT2D eigenvalue weighted by Crippen LogP contribution is 2.28. The van der Waals surface area contributed by atoms with Crippen molar-refractivity contribution < 1.29 is 14.3 Å². The Morgan fingerprint density at radius 2 is 1.96 bits per heavy atom. The van der Waals surface area contributed by atoms with E-state index in [0.29, 0.717) is 19.7 Å². The van der Waals surface area contributed by atoms with Crippen LogP contribution in [-0.4, -0.2) is 43.6 Å². The number of nitrogens with one attached hydrogen (secondary N) is 1. The van der Waals surface area contributed by atoms with Gasteiger partial charge >= 0.3 is 0 Å². The molecule has 0 unspecified atom stereocenters. The molecule has 6 nitrogen and oxygen atoms in total. The van der Waals surface area contributed by atoms with Crippen LogP contribution in [0.1, 0.15) is 26.5 Å². The van der Waals surface area contributed by atoms with E-state index in [0.717, 1.165) is 17.7 Å². The normalized spacial score (nSPS) is 12.8. The van der Waals surface area contributed by atoms with Gasteiger partial charge in [-0.05, 0) is 30.2 Å². The quantitative estimate of drug-likeness (QED) is 0.849. The molecule has 3 rings (SSSR count). The molecule has 1 aromatic carbocycles. The summed E-state index contributed by atoms with van der Waals surface area (Å²) in [5.74, 6) is -0.505. The minimum Gasteiger partial charge on any atom is -0.383 e. The van der Waals surface area contributed by atoms with Crippen LogP contribution in [0.5, 0.6) is 0 Å². The van der Waals surface area contributed by atoms with Crippen molar-refractivity contribution in [3.63, 3.8) is 0 Å². The largest absolute Gasteiger partial charge is 0.383 e. The Labute approximate surface area is 140 Å². The smallest absolute Gasteiger partial charge is 0.276 e. The molecule has 0 atom stereocenters. The number of amides is 2. The van der Waals surface area contributed by atoms with Crippen molar-refractivity contribution in [2.75, 3.05) is 31.7 Å². The zero-order valence-electron chi connectivity index (χ0n) is 13.5.